The normalized spacial score (nSPS) is 17.2. The molecule has 0 bridgehead atoms. The van der Waals surface area contributed by atoms with E-state index in [0.29, 0.717) is 13.0 Å². The lowest BCUT2D eigenvalue weighted by Crippen LogP contribution is -2.39. The lowest BCUT2D eigenvalue weighted by molar-refractivity contribution is -0.123. The first kappa shape index (κ1) is 17.3. The van der Waals surface area contributed by atoms with Gasteiger partial charge in [-0.25, -0.2) is 4.79 Å². The Hall–Kier alpha value is -2.05. The van der Waals surface area contributed by atoms with Gasteiger partial charge in [-0.2, -0.15) is 5.10 Å². The number of carbonyl (C=O) groups is 2. The van der Waals surface area contributed by atoms with Crippen LogP contribution >= 0.6 is 0 Å². The van der Waals surface area contributed by atoms with Crippen LogP contribution < -0.4 is 10.6 Å². The first-order valence-corrected chi connectivity index (χ1v) is 7.96. The summed E-state index contributed by atoms with van der Waals surface area (Å²) in [5.74, 6) is -0.376. The molecule has 1 unspecified atom stereocenters. The average molecular weight is 322 g/mol. The number of carbonyl (C=O) groups excluding carboxylic acids is 2. The second-order valence-corrected chi connectivity index (χ2v) is 7.35. The van der Waals surface area contributed by atoms with E-state index in [2.05, 4.69) is 20.8 Å². The van der Waals surface area contributed by atoms with Crippen molar-refractivity contribution < 1.29 is 14.3 Å². The lowest BCUT2D eigenvalue weighted by Gasteiger charge is -2.21. The van der Waals surface area contributed by atoms with Crippen molar-refractivity contribution in [3.63, 3.8) is 0 Å². The zero-order valence-electron chi connectivity index (χ0n) is 14.2. The molecule has 2 amide bonds. The maximum absolute atomic E-state index is 12.5. The topological polar surface area (TPSA) is 96.1 Å². The second kappa shape index (κ2) is 6.60. The molecule has 1 atom stereocenters. The van der Waals surface area contributed by atoms with Crippen LogP contribution in [-0.2, 0) is 9.53 Å². The zero-order chi connectivity index (χ0) is 17.1. The van der Waals surface area contributed by atoms with Gasteiger partial charge >= 0.3 is 6.09 Å². The number of nitrogens with zero attached hydrogens (tertiary/aromatic N) is 1. The third kappa shape index (κ3) is 5.58. The number of ether oxygens (including phenoxy) is 1. The predicted octanol–water partition coefficient (Wildman–Crippen LogP) is 2.08. The lowest BCUT2D eigenvalue weighted by atomic mass is 9.97. The Balaban J connectivity index is 1.88. The zero-order valence-corrected chi connectivity index (χ0v) is 14.2. The van der Waals surface area contributed by atoms with Crippen LogP contribution in [-0.4, -0.2) is 39.9 Å². The van der Waals surface area contributed by atoms with Gasteiger partial charge in [0, 0.05) is 23.8 Å². The van der Waals surface area contributed by atoms with E-state index in [1.54, 1.807) is 12.4 Å². The maximum atomic E-state index is 12.5. The fourth-order valence-electron chi connectivity index (χ4n) is 2.23. The van der Waals surface area contributed by atoms with Gasteiger partial charge in [0.25, 0.3) is 0 Å². The highest BCUT2D eigenvalue weighted by molar-refractivity contribution is 5.84. The third-order valence-corrected chi connectivity index (χ3v) is 3.76. The summed E-state index contributed by atoms with van der Waals surface area (Å²) >= 11 is 0. The van der Waals surface area contributed by atoms with E-state index < -0.39 is 11.7 Å². The third-order valence-electron chi connectivity index (χ3n) is 3.76. The first-order valence-electron chi connectivity index (χ1n) is 7.96. The van der Waals surface area contributed by atoms with Crippen molar-refractivity contribution >= 4 is 12.0 Å². The number of alkyl carbamates (subject to hydrolysis) is 1. The van der Waals surface area contributed by atoms with Crippen LogP contribution in [0, 0.1) is 0 Å². The van der Waals surface area contributed by atoms with Gasteiger partial charge in [-0.05, 0) is 47.0 Å². The second-order valence-electron chi connectivity index (χ2n) is 7.35. The standard InChI is InChI=1S/C16H26N4O3/c1-15(2,3)23-14(22)17-8-5-12(11-9-18-19-10-11)13(21)20-16(4)6-7-16/h9-10,12H,5-8H2,1-4H3,(H,17,22)(H,18,19)(H,20,21). The number of amides is 2. The molecule has 1 aromatic rings. The fourth-order valence-corrected chi connectivity index (χ4v) is 2.23. The minimum atomic E-state index is -0.536. The van der Waals surface area contributed by atoms with Crippen LogP contribution in [0.2, 0.25) is 0 Å². The van der Waals surface area contributed by atoms with Gasteiger partial charge in [0.1, 0.15) is 5.60 Å². The minimum Gasteiger partial charge on any atom is -0.444 e. The summed E-state index contributed by atoms with van der Waals surface area (Å²) in [5.41, 5.74) is 0.210. The van der Waals surface area contributed by atoms with Crippen LogP contribution in [0.3, 0.4) is 0 Å². The summed E-state index contributed by atoms with van der Waals surface area (Å²) in [7, 11) is 0. The highest BCUT2D eigenvalue weighted by atomic mass is 16.6. The van der Waals surface area contributed by atoms with E-state index in [0.717, 1.165) is 18.4 Å². The van der Waals surface area contributed by atoms with E-state index in [4.69, 9.17) is 4.74 Å². The molecule has 7 nitrogen and oxygen atoms in total. The Labute approximate surface area is 136 Å². The van der Waals surface area contributed by atoms with Crippen molar-refractivity contribution in [2.45, 2.75) is 64.0 Å². The van der Waals surface area contributed by atoms with Crippen LogP contribution in [0.1, 0.15) is 58.4 Å². The van der Waals surface area contributed by atoms with Gasteiger partial charge in [-0.15, -0.1) is 0 Å². The monoisotopic (exact) mass is 322 g/mol. The van der Waals surface area contributed by atoms with Crippen LogP contribution in [0.5, 0.6) is 0 Å². The molecule has 1 aliphatic carbocycles. The number of hydrogen-bond donors (Lipinski definition) is 3. The molecule has 0 spiro atoms. The van der Waals surface area contributed by atoms with Gasteiger partial charge in [-0.3, -0.25) is 9.89 Å². The molecule has 7 heteroatoms. The molecule has 0 saturated heterocycles. The molecular formula is C16H26N4O3. The number of nitrogens with one attached hydrogen (secondary N) is 3. The van der Waals surface area contributed by atoms with E-state index in [9.17, 15) is 9.59 Å². The molecule has 0 aromatic carbocycles. The van der Waals surface area contributed by atoms with Crippen molar-refractivity contribution in [3.05, 3.63) is 18.0 Å². The summed E-state index contributed by atoms with van der Waals surface area (Å²) in [5, 5.41) is 12.4. The van der Waals surface area contributed by atoms with E-state index in [-0.39, 0.29) is 17.4 Å². The quantitative estimate of drug-likeness (QED) is 0.747. The largest absolute Gasteiger partial charge is 0.444 e. The molecule has 3 N–H and O–H groups in total. The Bertz CT molecular complexity index is 544. The molecule has 1 heterocycles. The first-order chi connectivity index (χ1) is 10.7. The predicted molar refractivity (Wildman–Crippen MR) is 86.0 cm³/mol. The number of aromatic nitrogens is 2. The molecule has 128 valence electrons. The van der Waals surface area contributed by atoms with Crippen LogP contribution in [0.15, 0.2) is 12.4 Å². The molecular weight excluding hydrogens is 296 g/mol. The SMILES string of the molecule is CC1(NC(=O)C(CCNC(=O)OC(C)(C)C)c2cn[nH]c2)CC1. The molecule has 2 rings (SSSR count). The fraction of sp³-hybridized carbons (Fsp3) is 0.688. The van der Waals surface area contributed by atoms with Gasteiger partial charge in [0.15, 0.2) is 0 Å². The van der Waals surface area contributed by atoms with Gasteiger partial charge in [0.2, 0.25) is 5.91 Å². The average Bonchev–Trinajstić information content (AvgIpc) is 2.92. The molecule has 1 fully saturated rings. The van der Waals surface area contributed by atoms with E-state index >= 15 is 0 Å². The Morgan fingerprint density at radius 1 is 1.43 bits per heavy atom. The summed E-state index contributed by atoms with van der Waals surface area (Å²) in [4.78, 5) is 24.2. The number of H-pyrrole nitrogens is 1. The van der Waals surface area contributed by atoms with E-state index in [1.807, 2.05) is 27.7 Å². The van der Waals surface area contributed by atoms with Gasteiger partial charge < -0.3 is 15.4 Å². The minimum absolute atomic E-state index is 0.0302. The summed E-state index contributed by atoms with van der Waals surface area (Å²) in [6.07, 6.45) is 5.39. The number of hydrogen-bond acceptors (Lipinski definition) is 4. The highest BCUT2D eigenvalue weighted by Gasteiger charge is 2.40. The molecule has 1 saturated carbocycles. The Morgan fingerprint density at radius 3 is 2.65 bits per heavy atom. The molecule has 1 aliphatic rings. The van der Waals surface area contributed by atoms with Crippen LogP contribution in [0.4, 0.5) is 4.79 Å². The van der Waals surface area contributed by atoms with Crippen molar-refractivity contribution in [1.29, 1.82) is 0 Å². The van der Waals surface area contributed by atoms with Gasteiger partial charge in [-0.1, -0.05) is 0 Å². The molecule has 0 radical (unpaired) electrons. The number of aromatic amines is 1. The summed E-state index contributed by atoms with van der Waals surface area (Å²) < 4.78 is 5.19. The van der Waals surface area contributed by atoms with Gasteiger partial charge in [0.05, 0.1) is 12.1 Å². The van der Waals surface area contributed by atoms with Crippen molar-refractivity contribution in [1.82, 2.24) is 20.8 Å². The summed E-state index contributed by atoms with van der Waals surface area (Å²) in [6.45, 7) is 7.82. The van der Waals surface area contributed by atoms with Crippen LogP contribution in [0.25, 0.3) is 0 Å². The molecule has 1 aromatic heterocycles. The highest BCUT2D eigenvalue weighted by Crippen LogP contribution is 2.35. The van der Waals surface area contributed by atoms with Crippen molar-refractivity contribution in [3.8, 4) is 0 Å². The summed E-state index contributed by atoms with van der Waals surface area (Å²) in [6, 6.07) is 0. The molecule has 23 heavy (non-hydrogen) atoms. The number of rotatable bonds is 6. The van der Waals surface area contributed by atoms with Crippen molar-refractivity contribution in [2.24, 2.45) is 0 Å². The maximum Gasteiger partial charge on any atom is 0.407 e. The smallest absolute Gasteiger partial charge is 0.407 e. The molecule has 0 aliphatic heterocycles. The Morgan fingerprint density at radius 2 is 2.13 bits per heavy atom. The Kier molecular flexibility index (Phi) is 4.97. The van der Waals surface area contributed by atoms with E-state index in [1.165, 1.54) is 0 Å². The van der Waals surface area contributed by atoms with Crippen molar-refractivity contribution in [2.75, 3.05) is 6.54 Å².